The van der Waals surface area contributed by atoms with Crippen molar-refractivity contribution in [3.63, 3.8) is 0 Å². The van der Waals surface area contributed by atoms with Crippen LogP contribution in [-0.2, 0) is 0 Å². The molecule has 0 aromatic heterocycles. The molecule has 0 saturated heterocycles. The number of nitriles is 1. The number of rotatable bonds is 3. The first kappa shape index (κ1) is 14.5. The smallest absolute Gasteiger partial charge is 0.162 e. The summed E-state index contributed by atoms with van der Waals surface area (Å²) < 4.78 is 14.6. The van der Waals surface area contributed by atoms with Crippen molar-refractivity contribution in [1.29, 1.82) is 5.26 Å². The van der Waals surface area contributed by atoms with Gasteiger partial charge in [-0.15, -0.1) is 0 Å². The molecule has 2 aromatic rings. The lowest BCUT2D eigenvalue weighted by molar-refractivity contribution is 0.618. The van der Waals surface area contributed by atoms with E-state index in [0.717, 1.165) is 11.3 Å². The monoisotopic (exact) mass is 332 g/mol. The number of hydrogen-bond acceptors (Lipinski definition) is 2. The molecule has 0 amide bonds. The molecule has 0 heterocycles. The highest BCUT2D eigenvalue weighted by atomic mass is 79.9. The molecule has 0 saturated carbocycles. The van der Waals surface area contributed by atoms with Gasteiger partial charge in [-0.2, -0.15) is 5.26 Å². The van der Waals surface area contributed by atoms with E-state index in [4.69, 9.17) is 5.26 Å². The van der Waals surface area contributed by atoms with Crippen molar-refractivity contribution >= 4 is 27.3 Å². The Morgan fingerprint density at radius 2 is 2.05 bits per heavy atom. The molecule has 2 rings (SSSR count). The van der Waals surface area contributed by atoms with Gasteiger partial charge in [0.1, 0.15) is 6.07 Å². The van der Waals surface area contributed by atoms with Crippen molar-refractivity contribution in [3.8, 4) is 6.07 Å². The van der Waals surface area contributed by atoms with Gasteiger partial charge in [-0.1, -0.05) is 12.1 Å². The summed E-state index contributed by atoms with van der Waals surface area (Å²) in [7, 11) is 0. The van der Waals surface area contributed by atoms with Crippen LogP contribution >= 0.6 is 15.9 Å². The first-order valence-corrected chi connectivity index (χ1v) is 7.10. The largest absolute Gasteiger partial charge is 0.339 e. The van der Waals surface area contributed by atoms with E-state index in [2.05, 4.69) is 15.9 Å². The van der Waals surface area contributed by atoms with Crippen molar-refractivity contribution < 1.29 is 4.39 Å². The summed E-state index contributed by atoms with van der Waals surface area (Å²) in [6.07, 6.45) is 0. The molecule has 102 valence electrons. The van der Waals surface area contributed by atoms with Crippen molar-refractivity contribution in [2.45, 2.75) is 13.8 Å². The van der Waals surface area contributed by atoms with Gasteiger partial charge in [-0.25, -0.2) is 4.39 Å². The quantitative estimate of drug-likeness (QED) is 0.797. The molecule has 0 spiro atoms. The van der Waals surface area contributed by atoms with E-state index in [0.29, 0.717) is 17.8 Å². The Kier molecular flexibility index (Phi) is 4.41. The van der Waals surface area contributed by atoms with Crippen molar-refractivity contribution in [2.24, 2.45) is 0 Å². The van der Waals surface area contributed by atoms with Gasteiger partial charge in [0, 0.05) is 12.2 Å². The molecule has 0 bridgehead atoms. The van der Waals surface area contributed by atoms with Crippen LogP contribution in [0.15, 0.2) is 40.9 Å². The number of halogens is 2. The number of aryl methyl sites for hydroxylation is 1. The number of hydrogen-bond donors (Lipinski definition) is 0. The van der Waals surface area contributed by atoms with Gasteiger partial charge >= 0.3 is 0 Å². The number of anilines is 2. The molecule has 0 aliphatic rings. The van der Waals surface area contributed by atoms with Gasteiger partial charge < -0.3 is 4.90 Å². The van der Waals surface area contributed by atoms with E-state index in [1.54, 1.807) is 12.1 Å². The molecule has 0 aliphatic carbocycles. The average molecular weight is 333 g/mol. The van der Waals surface area contributed by atoms with E-state index < -0.39 is 5.82 Å². The summed E-state index contributed by atoms with van der Waals surface area (Å²) >= 11 is 3.15. The Morgan fingerprint density at radius 1 is 1.30 bits per heavy atom. The molecule has 4 heteroatoms. The van der Waals surface area contributed by atoms with Crippen LogP contribution < -0.4 is 4.90 Å². The maximum absolute atomic E-state index is 14.4. The molecule has 0 unspecified atom stereocenters. The molecule has 0 radical (unpaired) electrons. The van der Waals surface area contributed by atoms with Crippen molar-refractivity contribution in [1.82, 2.24) is 0 Å². The molecule has 20 heavy (non-hydrogen) atoms. The van der Waals surface area contributed by atoms with Crippen LogP contribution in [0.5, 0.6) is 0 Å². The zero-order valence-electron chi connectivity index (χ0n) is 11.3. The maximum Gasteiger partial charge on any atom is 0.162 e. The lowest BCUT2D eigenvalue weighted by atomic mass is 10.1. The lowest BCUT2D eigenvalue weighted by Gasteiger charge is -2.24. The van der Waals surface area contributed by atoms with Gasteiger partial charge in [-0.3, -0.25) is 0 Å². The normalized spacial score (nSPS) is 10.2. The fourth-order valence-electron chi connectivity index (χ4n) is 2.12. The van der Waals surface area contributed by atoms with Gasteiger partial charge in [0.15, 0.2) is 5.82 Å². The molecule has 2 nitrogen and oxygen atoms in total. The van der Waals surface area contributed by atoms with E-state index in [1.807, 2.05) is 49.1 Å². The molecular weight excluding hydrogens is 319 g/mol. The second-order valence-electron chi connectivity index (χ2n) is 4.46. The molecular formula is C16H14BrFN2. The lowest BCUT2D eigenvalue weighted by Crippen LogP contribution is -2.17. The van der Waals surface area contributed by atoms with E-state index in [9.17, 15) is 4.39 Å². The Labute approximate surface area is 126 Å². The Bertz CT molecular complexity index is 677. The van der Waals surface area contributed by atoms with E-state index >= 15 is 0 Å². The summed E-state index contributed by atoms with van der Waals surface area (Å²) in [6, 6.07) is 13.1. The van der Waals surface area contributed by atoms with Crippen LogP contribution in [0, 0.1) is 24.1 Å². The number of nitrogens with zero attached hydrogens (tertiary/aromatic N) is 2. The molecule has 0 atom stereocenters. The number of benzene rings is 2. The topological polar surface area (TPSA) is 27.0 Å². The van der Waals surface area contributed by atoms with E-state index in [-0.39, 0.29) is 4.47 Å². The fourth-order valence-corrected chi connectivity index (χ4v) is 2.55. The van der Waals surface area contributed by atoms with Crippen LogP contribution in [0.1, 0.15) is 18.1 Å². The summed E-state index contributed by atoms with van der Waals surface area (Å²) in [5, 5.41) is 8.92. The predicted octanol–water partition coefficient (Wildman–Crippen LogP) is 4.93. The Balaban J connectivity index is 2.54. The maximum atomic E-state index is 14.4. The van der Waals surface area contributed by atoms with Gasteiger partial charge in [0.2, 0.25) is 0 Å². The minimum atomic E-state index is -0.410. The van der Waals surface area contributed by atoms with Gasteiger partial charge in [0.05, 0.1) is 15.7 Å². The third-order valence-electron chi connectivity index (χ3n) is 3.10. The van der Waals surface area contributed by atoms with Crippen LogP contribution in [0.25, 0.3) is 0 Å². The van der Waals surface area contributed by atoms with Crippen LogP contribution in [0.4, 0.5) is 15.8 Å². The van der Waals surface area contributed by atoms with Crippen LogP contribution in [0.3, 0.4) is 0 Å². The average Bonchev–Trinajstić information content (AvgIpc) is 2.44. The molecule has 0 N–H and O–H groups in total. The Morgan fingerprint density at radius 3 is 2.65 bits per heavy atom. The van der Waals surface area contributed by atoms with Gasteiger partial charge in [-0.05, 0) is 59.6 Å². The van der Waals surface area contributed by atoms with Crippen molar-refractivity contribution in [2.75, 3.05) is 11.4 Å². The third-order valence-corrected chi connectivity index (χ3v) is 3.88. The van der Waals surface area contributed by atoms with E-state index in [1.165, 1.54) is 0 Å². The highest BCUT2D eigenvalue weighted by molar-refractivity contribution is 9.10. The highest BCUT2D eigenvalue weighted by Crippen LogP contribution is 2.33. The fraction of sp³-hybridized carbons (Fsp3) is 0.188. The first-order valence-electron chi connectivity index (χ1n) is 6.30. The van der Waals surface area contributed by atoms with Crippen LogP contribution in [0.2, 0.25) is 0 Å². The minimum absolute atomic E-state index is 0.212. The predicted molar refractivity (Wildman–Crippen MR) is 82.7 cm³/mol. The second kappa shape index (κ2) is 6.06. The summed E-state index contributed by atoms with van der Waals surface area (Å²) in [4.78, 5) is 1.88. The minimum Gasteiger partial charge on any atom is -0.339 e. The molecule has 2 aromatic carbocycles. The summed E-state index contributed by atoms with van der Waals surface area (Å²) in [5.41, 5.74) is 2.81. The zero-order chi connectivity index (χ0) is 14.7. The SMILES string of the molecule is CCN(c1cccc(C)c1)c1ccc(C#N)c(Br)c1F. The van der Waals surface area contributed by atoms with Gasteiger partial charge in [0.25, 0.3) is 0 Å². The summed E-state index contributed by atoms with van der Waals surface area (Å²) in [5.74, 6) is -0.410. The highest BCUT2D eigenvalue weighted by Gasteiger charge is 2.17. The molecule has 0 fully saturated rings. The molecule has 0 aliphatic heterocycles. The standard InChI is InChI=1S/C16H14BrFN2/c1-3-20(13-6-4-5-11(2)9-13)14-8-7-12(10-19)15(17)16(14)18/h4-9H,3H2,1-2H3. The Hall–Kier alpha value is -1.86. The van der Waals surface area contributed by atoms with Crippen molar-refractivity contribution in [3.05, 3.63) is 57.8 Å². The zero-order valence-corrected chi connectivity index (χ0v) is 12.9. The van der Waals surface area contributed by atoms with Crippen LogP contribution in [-0.4, -0.2) is 6.54 Å². The third kappa shape index (κ3) is 2.68. The summed E-state index contributed by atoms with van der Waals surface area (Å²) in [6.45, 7) is 4.61. The second-order valence-corrected chi connectivity index (χ2v) is 5.25. The first-order chi connectivity index (χ1) is 9.58.